The van der Waals surface area contributed by atoms with Crippen LogP contribution in [-0.4, -0.2) is 58.7 Å². The molecule has 0 saturated carbocycles. The molecule has 1 aromatic heterocycles. The molecule has 0 aliphatic carbocycles. The second-order valence-electron chi connectivity index (χ2n) is 6.30. The number of nitrogens with zero attached hydrogens (tertiary/aromatic N) is 3. The van der Waals surface area contributed by atoms with Gasteiger partial charge in [-0.2, -0.15) is 0 Å². The molecule has 0 aromatic carbocycles. The van der Waals surface area contributed by atoms with E-state index in [1.54, 1.807) is 0 Å². The molecule has 2 heterocycles. The Kier molecular flexibility index (Phi) is 5.68. The standard InChI is InChI=1S/C15H22N4O5/c1-15(2,18-5-7-24-8-6-18)11-16-13(20)10-17-9-12(19(22)23)3-4-14(17)21/h3-4,9H,5-8,10-11H2,1-2H3,(H,16,20). The first-order chi connectivity index (χ1) is 11.3. The number of ether oxygens (including phenoxy) is 1. The van der Waals surface area contributed by atoms with Crippen molar-refractivity contribution < 1.29 is 14.5 Å². The topological polar surface area (TPSA) is 107 Å². The highest BCUT2D eigenvalue weighted by atomic mass is 16.6. The average molecular weight is 338 g/mol. The first kappa shape index (κ1) is 18.1. The van der Waals surface area contributed by atoms with Crippen LogP contribution in [0.2, 0.25) is 0 Å². The summed E-state index contributed by atoms with van der Waals surface area (Å²) in [7, 11) is 0. The maximum atomic E-state index is 12.1. The molecule has 1 aliphatic heterocycles. The third-order valence-corrected chi connectivity index (χ3v) is 4.08. The van der Waals surface area contributed by atoms with Gasteiger partial charge in [0.05, 0.1) is 24.3 Å². The zero-order valence-corrected chi connectivity index (χ0v) is 13.9. The van der Waals surface area contributed by atoms with Crippen LogP contribution in [0.4, 0.5) is 5.69 Å². The lowest BCUT2D eigenvalue weighted by molar-refractivity contribution is -0.385. The molecule has 1 saturated heterocycles. The van der Waals surface area contributed by atoms with Gasteiger partial charge in [0, 0.05) is 37.3 Å². The van der Waals surface area contributed by atoms with Crippen molar-refractivity contribution in [3.63, 3.8) is 0 Å². The molecular formula is C15H22N4O5. The van der Waals surface area contributed by atoms with Crippen molar-refractivity contribution in [2.24, 2.45) is 0 Å². The summed E-state index contributed by atoms with van der Waals surface area (Å²) in [6, 6.07) is 2.21. The highest BCUT2D eigenvalue weighted by molar-refractivity contribution is 5.75. The Morgan fingerprint density at radius 3 is 2.67 bits per heavy atom. The largest absolute Gasteiger partial charge is 0.379 e. The van der Waals surface area contributed by atoms with E-state index in [0.717, 1.165) is 36.0 Å². The molecule has 1 fully saturated rings. The fourth-order valence-electron chi connectivity index (χ4n) is 2.56. The molecule has 9 nitrogen and oxygen atoms in total. The number of aromatic nitrogens is 1. The highest BCUT2D eigenvalue weighted by Gasteiger charge is 2.28. The van der Waals surface area contributed by atoms with Crippen molar-refractivity contribution in [3.05, 3.63) is 38.8 Å². The Bertz CT molecular complexity index is 664. The van der Waals surface area contributed by atoms with E-state index in [-0.39, 0.29) is 23.7 Å². The SMILES string of the molecule is CC(C)(CNC(=O)Cn1cc([N+](=O)[O-])ccc1=O)N1CCOCC1. The van der Waals surface area contributed by atoms with Gasteiger partial charge < -0.3 is 10.1 Å². The zero-order valence-electron chi connectivity index (χ0n) is 13.9. The molecule has 0 atom stereocenters. The number of pyridine rings is 1. The van der Waals surface area contributed by atoms with Gasteiger partial charge in [-0.05, 0) is 13.8 Å². The van der Waals surface area contributed by atoms with E-state index in [1.807, 2.05) is 13.8 Å². The summed E-state index contributed by atoms with van der Waals surface area (Å²) < 4.78 is 6.36. The summed E-state index contributed by atoms with van der Waals surface area (Å²) in [6.07, 6.45) is 1.08. The van der Waals surface area contributed by atoms with Crippen LogP contribution >= 0.6 is 0 Å². The lowest BCUT2D eigenvalue weighted by Crippen LogP contribution is -2.55. The Labute approximate surface area is 139 Å². The summed E-state index contributed by atoms with van der Waals surface area (Å²) in [5, 5.41) is 13.6. The number of hydrogen-bond donors (Lipinski definition) is 1. The van der Waals surface area contributed by atoms with Crippen molar-refractivity contribution in [1.82, 2.24) is 14.8 Å². The maximum absolute atomic E-state index is 12.1. The highest BCUT2D eigenvalue weighted by Crippen LogP contribution is 2.15. The second-order valence-corrected chi connectivity index (χ2v) is 6.30. The Hall–Kier alpha value is -2.26. The lowest BCUT2D eigenvalue weighted by Gasteiger charge is -2.40. The summed E-state index contributed by atoms with van der Waals surface area (Å²) in [6.45, 7) is 7.15. The van der Waals surface area contributed by atoms with Crippen molar-refractivity contribution in [2.45, 2.75) is 25.9 Å². The van der Waals surface area contributed by atoms with E-state index in [1.165, 1.54) is 0 Å². The molecule has 24 heavy (non-hydrogen) atoms. The zero-order chi connectivity index (χ0) is 17.7. The Balaban J connectivity index is 1.94. The quantitative estimate of drug-likeness (QED) is 0.577. The fraction of sp³-hybridized carbons (Fsp3) is 0.600. The first-order valence-electron chi connectivity index (χ1n) is 7.74. The third kappa shape index (κ3) is 4.62. The maximum Gasteiger partial charge on any atom is 0.285 e. The smallest absolute Gasteiger partial charge is 0.285 e. The molecule has 2 rings (SSSR count). The number of hydrogen-bond acceptors (Lipinski definition) is 6. The molecule has 1 aliphatic rings. The lowest BCUT2D eigenvalue weighted by atomic mass is 10.0. The molecule has 0 unspecified atom stereocenters. The minimum absolute atomic E-state index is 0.226. The van der Waals surface area contributed by atoms with E-state index in [9.17, 15) is 19.7 Å². The monoisotopic (exact) mass is 338 g/mol. The van der Waals surface area contributed by atoms with E-state index in [4.69, 9.17) is 4.74 Å². The summed E-state index contributed by atoms with van der Waals surface area (Å²) in [4.78, 5) is 36.2. The summed E-state index contributed by atoms with van der Waals surface area (Å²) >= 11 is 0. The second kappa shape index (κ2) is 7.54. The number of nitrogens with one attached hydrogen (secondary N) is 1. The van der Waals surface area contributed by atoms with Gasteiger partial charge in [-0.15, -0.1) is 0 Å². The van der Waals surface area contributed by atoms with Crippen LogP contribution in [0.5, 0.6) is 0 Å². The number of nitro groups is 1. The molecule has 1 amide bonds. The molecule has 0 radical (unpaired) electrons. The van der Waals surface area contributed by atoms with E-state index in [0.29, 0.717) is 19.8 Å². The van der Waals surface area contributed by atoms with Crippen LogP contribution in [-0.2, 0) is 16.1 Å². The van der Waals surface area contributed by atoms with Gasteiger partial charge in [-0.25, -0.2) is 0 Å². The number of amides is 1. The molecule has 9 heteroatoms. The fourth-order valence-corrected chi connectivity index (χ4v) is 2.56. The van der Waals surface area contributed by atoms with Gasteiger partial charge in [-0.1, -0.05) is 0 Å². The molecule has 0 spiro atoms. The van der Waals surface area contributed by atoms with Crippen molar-refractivity contribution in [1.29, 1.82) is 0 Å². The van der Waals surface area contributed by atoms with Gasteiger partial charge in [-0.3, -0.25) is 29.2 Å². The Morgan fingerprint density at radius 2 is 2.04 bits per heavy atom. The van der Waals surface area contributed by atoms with Gasteiger partial charge in [0.15, 0.2) is 0 Å². The first-order valence-corrected chi connectivity index (χ1v) is 7.74. The minimum atomic E-state index is -0.602. The van der Waals surface area contributed by atoms with Gasteiger partial charge in [0.25, 0.3) is 11.2 Å². The molecular weight excluding hydrogens is 316 g/mol. The van der Waals surface area contributed by atoms with Crippen molar-refractivity contribution in [2.75, 3.05) is 32.8 Å². The number of carbonyl (C=O) groups excluding carboxylic acids is 1. The van der Waals surface area contributed by atoms with Gasteiger partial charge >= 0.3 is 0 Å². The van der Waals surface area contributed by atoms with Crippen molar-refractivity contribution >= 4 is 11.6 Å². The Morgan fingerprint density at radius 1 is 1.38 bits per heavy atom. The van der Waals surface area contributed by atoms with E-state index in [2.05, 4.69) is 10.2 Å². The predicted octanol–water partition coefficient (Wildman–Crippen LogP) is -0.0165. The average Bonchev–Trinajstić information content (AvgIpc) is 2.56. The molecule has 132 valence electrons. The van der Waals surface area contributed by atoms with Gasteiger partial charge in [0.1, 0.15) is 6.54 Å². The molecule has 1 aromatic rings. The number of morpholine rings is 1. The predicted molar refractivity (Wildman–Crippen MR) is 86.8 cm³/mol. The summed E-state index contributed by atoms with van der Waals surface area (Å²) in [5.74, 6) is -0.362. The van der Waals surface area contributed by atoms with Crippen LogP contribution in [0, 0.1) is 10.1 Å². The number of carbonyl (C=O) groups is 1. The van der Waals surface area contributed by atoms with Crippen LogP contribution in [0.1, 0.15) is 13.8 Å². The molecule has 1 N–H and O–H groups in total. The van der Waals surface area contributed by atoms with Crippen LogP contribution in [0.25, 0.3) is 0 Å². The minimum Gasteiger partial charge on any atom is -0.379 e. The van der Waals surface area contributed by atoms with E-state index < -0.39 is 10.5 Å². The summed E-state index contributed by atoms with van der Waals surface area (Å²) in [5.41, 5.74) is -0.924. The molecule has 0 bridgehead atoms. The number of rotatable bonds is 6. The van der Waals surface area contributed by atoms with Gasteiger partial charge in [0.2, 0.25) is 5.91 Å². The third-order valence-electron chi connectivity index (χ3n) is 4.08. The van der Waals surface area contributed by atoms with Crippen LogP contribution < -0.4 is 10.9 Å². The van der Waals surface area contributed by atoms with Crippen molar-refractivity contribution in [3.8, 4) is 0 Å². The normalized spacial score (nSPS) is 15.9. The van der Waals surface area contributed by atoms with Crippen LogP contribution in [0.3, 0.4) is 0 Å². The van der Waals surface area contributed by atoms with Crippen LogP contribution in [0.15, 0.2) is 23.1 Å². The van der Waals surface area contributed by atoms with E-state index >= 15 is 0 Å².